The van der Waals surface area contributed by atoms with Crippen LogP contribution in [-0.4, -0.2) is 29.6 Å². The second-order valence-corrected chi connectivity index (χ2v) is 8.22. The fourth-order valence-corrected chi connectivity index (χ4v) is 5.45. The summed E-state index contributed by atoms with van der Waals surface area (Å²) in [6, 6.07) is 12.2. The van der Waals surface area contributed by atoms with E-state index in [4.69, 9.17) is 11.2 Å². The molecule has 0 amide bonds. The van der Waals surface area contributed by atoms with Crippen LogP contribution < -0.4 is 0 Å². The average molecular weight is 338 g/mol. The molecule has 25 heavy (non-hydrogen) atoms. The van der Waals surface area contributed by atoms with E-state index in [0.29, 0.717) is 24.1 Å². The van der Waals surface area contributed by atoms with E-state index in [0.717, 1.165) is 19.4 Å². The zero-order valence-electron chi connectivity index (χ0n) is 15.3. The predicted octanol–water partition coefficient (Wildman–Crippen LogP) is 4.95. The lowest BCUT2D eigenvalue weighted by molar-refractivity contribution is -0.0874. The lowest BCUT2D eigenvalue weighted by Crippen LogP contribution is -2.46. The minimum absolute atomic E-state index is 0.282. The molecule has 2 heteroatoms. The molecular weight excluding hydrogens is 306 g/mol. The Kier molecular flexibility index (Phi) is 5.44. The van der Waals surface area contributed by atoms with Gasteiger partial charge in [0, 0.05) is 12.1 Å². The van der Waals surface area contributed by atoms with Crippen LogP contribution in [0, 0.1) is 18.3 Å². The van der Waals surface area contributed by atoms with Crippen molar-refractivity contribution in [1.82, 2.24) is 4.90 Å². The first-order chi connectivity index (χ1) is 12.3. The molecular formula is C23H31NO. The zero-order valence-corrected chi connectivity index (χ0v) is 15.3. The fraction of sp³-hybridized carbons (Fsp3) is 0.652. The number of ether oxygens (including phenoxy) is 1. The molecule has 0 radical (unpaired) electrons. The Morgan fingerprint density at radius 2 is 1.68 bits per heavy atom. The van der Waals surface area contributed by atoms with Gasteiger partial charge in [-0.3, -0.25) is 4.90 Å². The van der Waals surface area contributed by atoms with Gasteiger partial charge in [0.15, 0.2) is 0 Å². The maximum atomic E-state index is 6.85. The third-order valence-electron chi connectivity index (χ3n) is 6.66. The summed E-state index contributed by atoms with van der Waals surface area (Å²) in [5.41, 5.74) is 1.38. The molecule has 0 spiro atoms. The molecule has 2 aliphatic heterocycles. The second kappa shape index (κ2) is 7.94. The minimum Gasteiger partial charge on any atom is -0.370 e. The number of piperidine rings is 1. The van der Waals surface area contributed by atoms with Crippen molar-refractivity contribution in [3.8, 4) is 12.3 Å². The molecule has 2 bridgehead atoms. The van der Waals surface area contributed by atoms with Crippen LogP contribution in [0.4, 0.5) is 0 Å². The molecule has 4 atom stereocenters. The van der Waals surface area contributed by atoms with E-state index in [-0.39, 0.29) is 6.10 Å². The highest BCUT2D eigenvalue weighted by Gasteiger charge is 2.42. The Bertz CT molecular complexity index is 572. The standard InChI is InChI=1S/C23H31NO/c1-2-15-24-20-13-14-21(24)17-22(16-20)25-23(18-9-5-3-6-10-18)19-11-7-4-8-12-19/h1,3,5-6,9-10,19-23H,4,7-8,11-17H2/t20-,21+,22?,23?. The number of rotatable bonds is 5. The van der Waals surface area contributed by atoms with E-state index in [9.17, 15) is 0 Å². The minimum atomic E-state index is 0.282. The van der Waals surface area contributed by atoms with Gasteiger partial charge in [0.2, 0.25) is 0 Å². The van der Waals surface area contributed by atoms with Crippen LogP contribution in [0.1, 0.15) is 69.5 Å². The number of nitrogens with zero attached hydrogens (tertiary/aromatic N) is 1. The number of hydrogen-bond donors (Lipinski definition) is 0. The highest BCUT2D eigenvalue weighted by molar-refractivity contribution is 5.19. The lowest BCUT2D eigenvalue weighted by Gasteiger charge is -2.41. The summed E-state index contributed by atoms with van der Waals surface area (Å²) < 4.78 is 6.85. The van der Waals surface area contributed by atoms with Crippen LogP contribution >= 0.6 is 0 Å². The fourth-order valence-electron chi connectivity index (χ4n) is 5.45. The van der Waals surface area contributed by atoms with Crippen LogP contribution in [0.2, 0.25) is 0 Å². The summed E-state index contributed by atoms with van der Waals surface area (Å²) >= 11 is 0. The van der Waals surface area contributed by atoms with E-state index < -0.39 is 0 Å². The molecule has 0 aromatic heterocycles. The van der Waals surface area contributed by atoms with E-state index in [1.54, 1.807) is 0 Å². The number of hydrogen-bond acceptors (Lipinski definition) is 2. The predicted molar refractivity (Wildman–Crippen MR) is 102 cm³/mol. The van der Waals surface area contributed by atoms with Gasteiger partial charge < -0.3 is 4.74 Å². The number of benzene rings is 1. The molecule has 2 unspecified atom stereocenters. The van der Waals surface area contributed by atoms with E-state index in [1.807, 2.05) is 0 Å². The summed E-state index contributed by atoms with van der Waals surface area (Å²) in [4.78, 5) is 2.55. The van der Waals surface area contributed by atoms with Crippen LogP contribution in [-0.2, 0) is 4.74 Å². The molecule has 3 aliphatic rings. The smallest absolute Gasteiger partial charge is 0.0856 e. The van der Waals surface area contributed by atoms with E-state index in [1.165, 1.54) is 50.5 Å². The number of terminal acetylenes is 1. The molecule has 2 saturated heterocycles. The first-order valence-corrected chi connectivity index (χ1v) is 10.2. The SMILES string of the molecule is C#CCN1[C@@H]2CC[C@H]1CC(OC(c1ccccc1)C1CCCCC1)C2. The van der Waals surface area contributed by atoms with Crippen molar-refractivity contribution in [2.24, 2.45) is 5.92 Å². The molecule has 1 saturated carbocycles. The first-order valence-electron chi connectivity index (χ1n) is 10.2. The van der Waals surface area contributed by atoms with Crippen molar-refractivity contribution in [2.45, 2.75) is 82.1 Å². The Hall–Kier alpha value is -1.30. The van der Waals surface area contributed by atoms with Gasteiger partial charge in [0.25, 0.3) is 0 Å². The van der Waals surface area contributed by atoms with Gasteiger partial charge in [0.1, 0.15) is 0 Å². The molecule has 1 aliphatic carbocycles. The Labute approximate surface area is 152 Å². The summed E-state index contributed by atoms with van der Waals surface area (Å²) in [7, 11) is 0. The van der Waals surface area contributed by atoms with Crippen molar-refractivity contribution < 1.29 is 4.74 Å². The maximum Gasteiger partial charge on any atom is 0.0856 e. The average Bonchev–Trinajstić information content (AvgIpc) is 2.90. The van der Waals surface area contributed by atoms with Crippen LogP contribution in [0.15, 0.2) is 30.3 Å². The molecule has 1 aromatic rings. The van der Waals surface area contributed by atoms with E-state index in [2.05, 4.69) is 41.2 Å². The third-order valence-corrected chi connectivity index (χ3v) is 6.66. The molecule has 3 fully saturated rings. The highest BCUT2D eigenvalue weighted by atomic mass is 16.5. The van der Waals surface area contributed by atoms with Crippen molar-refractivity contribution in [3.05, 3.63) is 35.9 Å². The van der Waals surface area contributed by atoms with Gasteiger partial charge in [0.05, 0.1) is 18.8 Å². The quantitative estimate of drug-likeness (QED) is 0.705. The van der Waals surface area contributed by atoms with Gasteiger partial charge in [-0.25, -0.2) is 0 Å². The van der Waals surface area contributed by atoms with Gasteiger partial charge in [-0.2, -0.15) is 0 Å². The topological polar surface area (TPSA) is 12.5 Å². The van der Waals surface area contributed by atoms with E-state index >= 15 is 0 Å². The molecule has 4 rings (SSSR count). The Morgan fingerprint density at radius 3 is 2.32 bits per heavy atom. The molecule has 2 heterocycles. The molecule has 134 valence electrons. The summed E-state index contributed by atoms with van der Waals surface area (Å²) in [5, 5.41) is 0. The summed E-state index contributed by atoms with van der Waals surface area (Å²) in [5.74, 6) is 3.55. The highest BCUT2D eigenvalue weighted by Crippen LogP contribution is 2.42. The zero-order chi connectivity index (χ0) is 17.1. The van der Waals surface area contributed by atoms with Crippen molar-refractivity contribution in [3.63, 3.8) is 0 Å². The summed E-state index contributed by atoms with van der Waals surface area (Å²) in [6.07, 6.45) is 17.9. The first kappa shape index (κ1) is 17.1. The molecule has 1 aromatic carbocycles. The second-order valence-electron chi connectivity index (χ2n) is 8.22. The van der Waals surface area contributed by atoms with Crippen molar-refractivity contribution >= 4 is 0 Å². The van der Waals surface area contributed by atoms with Crippen molar-refractivity contribution in [2.75, 3.05) is 6.54 Å². The van der Waals surface area contributed by atoms with Gasteiger partial charge in [-0.1, -0.05) is 55.5 Å². The van der Waals surface area contributed by atoms with Crippen molar-refractivity contribution in [1.29, 1.82) is 0 Å². The monoisotopic (exact) mass is 337 g/mol. The lowest BCUT2D eigenvalue weighted by atomic mass is 9.82. The Balaban J connectivity index is 1.47. The molecule has 2 nitrogen and oxygen atoms in total. The van der Waals surface area contributed by atoms with Gasteiger partial charge >= 0.3 is 0 Å². The largest absolute Gasteiger partial charge is 0.370 e. The van der Waals surface area contributed by atoms with Crippen LogP contribution in [0.5, 0.6) is 0 Å². The normalized spacial score (nSPS) is 31.6. The van der Waals surface area contributed by atoms with Crippen LogP contribution in [0.25, 0.3) is 0 Å². The van der Waals surface area contributed by atoms with Crippen LogP contribution in [0.3, 0.4) is 0 Å². The summed E-state index contributed by atoms with van der Waals surface area (Å²) in [6.45, 7) is 0.812. The maximum absolute atomic E-state index is 6.85. The van der Waals surface area contributed by atoms with Gasteiger partial charge in [-0.15, -0.1) is 6.42 Å². The molecule has 0 N–H and O–H groups in total. The third kappa shape index (κ3) is 3.78. The number of fused-ring (bicyclic) bond motifs is 2. The van der Waals surface area contributed by atoms with Gasteiger partial charge in [-0.05, 0) is 50.0 Å². The Morgan fingerprint density at radius 1 is 1.00 bits per heavy atom.